The molecule has 3 N–H and O–H groups in total. The Morgan fingerprint density at radius 2 is 1.55 bits per heavy atom. The number of halogens is 1. The van der Waals surface area contributed by atoms with Gasteiger partial charge in [0.15, 0.2) is 0 Å². The number of carbonyl (C=O) groups is 1. The first-order valence-corrected chi connectivity index (χ1v) is 9.97. The average molecular weight is 412 g/mol. The highest BCUT2D eigenvalue weighted by atomic mass is 32.2. The first kappa shape index (κ1) is 20.2. The van der Waals surface area contributed by atoms with Crippen molar-refractivity contribution >= 4 is 27.2 Å². The molecule has 0 atom stereocenters. The number of sulfonamides is 1. The lowest BCUT2D eigenvalue weighted by molar-refractivity contribution is -0.124. The van der Waals surface area contributed by atoms with E-state index in [0.29, 0.717) is 16.7 Å². The summed E-state index contributed by atoms with van der Waals surface area (Å²) in [5, 5.41) is 8.87. The predicted molar refractivity (Wildman–Crippen MR) is 107 cm³/mol. The van der Waals surface area contributed by atoms with Crippen LogP contribution < -0.4 is 10.2 Å². The van der Waals surface area contributed by atoms with E-state index < -0.39 is 21.7 Å². The molecule has 0 bridgehead atoms. The summed E-state index contributed by atoms with van der Waals surface area (Å²) in [5.74, 6) is -1.26. The number of carbonyl (C=O) groups excluding carboxylic acids is 1. The lowest BCUT2D eigenvalue weighted by Crippen LogP contribution is -2.16. The van der Waals surface area contributed by atoms with Crippen molar-refractivity contribution in [1.82, 2.24) is 5.48 Å². The Labute approximate surface area is 167 Å². The van der Waals surface area contributed by atoms with Crippen molar-refractivity contribution in [3.05, 3.63) is 102 Å². The Balaban J connectivity index is 1.98. The molecular formula is C21H17FN2O4S. The molecule has 3 rings (SSSR count). The van der Waals surface area contributed by atoms with Gasteiger partial charge in [0.05, 0.1) is 4.90 Å². The Morgan fingerprint density at radius 1 is 0.897 bits per heavy atom. The van der Waals surface area contributed by atoms with Crippen molar-refractivity contribution in [2.24, 2.45) is 0 Å². The second kappa shape index (κ2) is 8.68. The second-order valence-corrected chi connectivity index (χ2v) is 7.72. The van der Waals surface area contributed by atoms with Crippen molar-refractivity contribution < 1.29 is 22.8 Å². The van der Waals surface area contributed by atoms with Gasteiger partial charge in [-0.05, 0) is 53.1 Å². The fourth-order valence-electron chi connectivity index (χ4n) is 2.69. The molecule has 0 aromatic heterocycles. The standard InChI is InChI=1S/C21H17FN2O4S/c22-17-9-11-19(12-10-17)29(27,28)24-18-8-4-7-16(13-18)20(14-21(25)23-26)15-5-2-1-3-6-15/h1-14,24,26H,(H,23,25)/b20-14-. The molecule has 0 heterocycles. The van der Waals surface area contributed by atoms with Gasteiger partial charge in [0.2, 0.25) is 0 Å². The highest BCUT2D eigenvalue weighted by Crippen LogP contribution is 2.26. The zero-order valence-corrected chi connectivity index (χ0v) is 15.9. The zero-order valence-electron chi connectivity index (χ0n) is 15.0. The minimum atomic E-state index is -3.92. The molecule has 0 fully saturated rings. The number of benzene rings is 3. The molecule has 0 spiro atoms. The lowest BCUT2D eigenvalue weighted by atomic mass is 9.97. The fraction of sp³-hybridized carbons (Fsp3) is 0. The van der Waals surface area contributed by atoms with Crippen molar-refractivity contribution in [3.8, 4) is 0 Å². The van der Waals surface area contributed by atoms with Gasteiger partial charge in [-0.25, -0.2) is 18.3 Å². The molecule has 0 aliphatic heterocycles. The number of hydroxylamine groups is 1. The monoisotopic (exact) mass is 412 g/mol. The summed E-state index contributed by atoms with van der Waals surface area (Å²) in [5.41, 5.74) is 3.56. The molecule has 1 amide bonds. The maximum absolute atomic E-state index is 13.1. The molecule has 0 unspecified atom stereocenters. The van der Waals surface area contributed by atoms with Gasteiger partial charge in [0.1, 0.15) is 5.82 Å². The number of hydrogen-bond acceptors (Lipinski definition) is 4. The molecule has 8 heteroatoms. The van der Waals surface area contributed by atoms with E-state index in [4.69, 9.17) is 5.21 Å². The van der Waals surface area contributed by atoms with Crippen molar-refractivity contribution in [1.29, 1.82) is 0 Å². The van der Waals surface area contributed by atoms with Crippen LogP contribution in [0.1, 0.15) is 11.1 Å². The van der Waals surface area contributed by atoms with E-state index in [9.17, 15) is 17.6 Å². The van der Waals surface area contributed by atoms with Crippen LogP contribution in [0.3, 0.4) is 0 Å². The lowest BCUT2D eigenvalue weighted by Gasteiger charge is -2.12. The van der Waals surface area contributed by atoms with E-state index in [2.05, 4.69) is 4.72 Å². The summed E-state index contributed by atoms with van der Waals surface area (Å²) in [6.45, 7) is 0. The summed E-state index contributed by atoms with van der Waals surface area (Å²) in [7, 11) is -3.92. The van der Waals surface area contributed by atoms with Gasteiger partial charge in [0, 0.05) is 11.8 Å². The minimum Gasteiger partial charge on any atom is -0.288 e. The third-order valence-corrected chi connectivity index (χ3v) is 5.42. The molecule has 148 valence electrons. The van der Waals surface area contributed by atoms with Crippen molar-refractivity contribution in [2.75, 3.05) is 4.72 Å². The summed E-state index contributed by atoms with van der Waals surface area (Å²) in [6.07, 6.45) is 1.21. The molecule has 3 aromatic rings. The van der Waals surface area contributed by atoms with Crippen molar-refractivity contribution in [2.45, 2.75) is 4.90 Å². The fourth-order valence-corrected chi connectivity index (χ4v) is 3.74. The van der Waals surface area contributed by atoms with Gasteiger partial charge in [0.25, 0.3) is 15.9 Å². The summed E-state index contributed by atoms with van der Waals surface area (Å²) >= 11 is 0. The summed E-state index contributed by atoms with van der Waals surface area (Å²) < 4.78 is 40.6. The van der Waals surface area contributed by atoms with E-state index in [1.807, 2.05) is 6.07 Å². The molecule has 6 nitrogen and oxygen atoms in total. The van der Waals surface area contributed by atoms with E-state index in [0.717, 1.165) is 12.1 Å². The molecule has 29 heavy (non-hydrogen) atoms. The number of hydrogen-bond donors (Lipinski definition) is 3. The third-order valence-electron chi connectivity index (χ3n) is 4.02. The molecule has 3 aromatic carbocycles. The molecule has 0 saturated carbocycles. The molecule has 0 radical (unpaired) electrons. The maximum Gasteiger partial charge on any atom is 0.267 e. The summed E-state index contributed by atoms with van der Waals surface area (Å²) in [4.78, 5) is 11.6. The Morgan fingerprint density at radius 3 is 2.21 bits per heavy atom. The van der Waals surface area contributed by atoms with Crippen LogP contribution in [0, 0.1) is 5.82 Å². The van der Waals surface area contributed by atoms with Crippen LogP contribution in [0.25, 0.3) is 5.57 Å². The Kier molecular flexibility index (Phi) is 6.06. The number of anilines is 1. The van der Waals surface area contributed by atoms with Gasteiger partial charge in [-0.1, -0.05) is 42.5 Å². The summed E-state index contributed by atoms with van der Waals surface area (Å²) in [6, 6.07) is 19.9. The number of rotatable bonds is 6. The van der Waals surface area contributed by atoms with Crippen LogP contribution in [0.4, 0.5) is 10.1 Å². The first-order chi connectivity index (χ1) is 13.9. The smallest absolute Gasteiger partial charge is 0.267 e. The van der Waals surface area contributed by atoms with Gasteiger partial charge < -0.3 is 0 Å². The molecule has 0 saturated heterocycles. The van der Waals surface area contributed by atoms with Crippen LogP contribution in [0.5, 0.6) is 0 Å². The van der Waals surface area contributed by atoms with Crippen LogP contribution in [0.2, 0.25) is 0 Å². The first-order valence-electron chi connectivity index (χ1n) is 8.49. The highest BCUT2D eigenvalue weighted by molar-refractivity contribution is 7.92. The van der Waals surface area contributed by atoms with Gasteiger partial charge in [-0.15, -0.1) is 0 Å². The van der Waals surface area contributed by atoms with Crippen molar-refractivity contribution in [3.63, 3.8) is 0 Å². The van der Waals surface area contributed by atoms with E-state index in [-0.39, 0.29) is 10.6 Å². The topological polar surface area (TPSA) is 95.5 Å². The normalized spacial score (nSPS) is 11.7. The minimum absolute atomic E-state index is 0.0808. The van der Waals surface area contributed by atoms with E-state index >= 15 is 0 Å². The second-order valence-electron chi connectivity index (χ2n) is 6.04. The quantitative estimate of drug-likeness (QED) is 0.328. The Hall–Kier alpha value is -3.49. The Bertz CT molecular complexity index is 1140. The largest absolute Gasteiger partial charge is 0.288 e. The number of amides is 1. The maximum atomic E-state index is 13.1. The number of nitrogens with one attached hydrogen (secondary N) is 2. The van der Waals surface area contributed by atoms with Gasteiger partial charge >= 0.3 is 0 Å². The predicted octanol–water partition coefficient (Wildman–Crippen LogP) is 3.56. The van der Waals surface area contributed by atoms with Crippen LogP contribution in [-0.2, 0) is 14.8 Å². The average Bonchev–Trinajstić information content (AvgIpc) is 2.72. The van der Waals surface area contributed by atoms with Crippen LogP contribution >= 0.6 is 0 Å². The molecular weight excluding hydrogens is 395 g/mol. The SMILES string of the molecule is O=C(/C=C(/c1ccccc1)c1cccc(NS(=O)(=O)c2ccc(F)cc2)c1)NO. The third kappa shape index (κ3) is 5.07. The molecule has 0 aliphatic rings. The molecule has 0 aliphatic carbocycles. The zero-order chi connectivity index (χ0) is 20.9. The van der Waals surface area contributed by atoms with Gasteiger partial charge in [-0.3, -0.25) is 14.7 Å². The van der Waals surface area contributed by atoms with Crippen LogP contribution in [-0.4, -0.2) is 19.5 Å². The van der Waals surface area contributed by atoms with Crippen LogP contribution in [0.15, 0.2) is 89.8 Å². The van der Waals surface area contributed by atoms with Gasteiger partial charge in [-0.2, -0.15) is 0 Å². The highest BCUT2D eigenvalue weighted by Gasteiger charge is 2.15. The van der Waals surface area contributed by atoms with E-state index in [1.165, 1.54) is 18.2 Å². The van der Waals surface area contributed by atoms with E-state index in [1.54, 1.807) is 54.0 Å².